The van der Waals surface area contributed by atoms with Gasteiger partial charge >= 0.3 is 6.03 Å². The molecule has 2 fully saturated rings. The number of hydrogen-bond donors (Lipinski definition) is 2. The second-order valence-electron chi connectivity index (χ2n) is 5.68. The highest BCUT2D eigenvalue weighted by molar-refractivity contribution is 5.74. The van der Waals surface area contributed by atoms with Crippen LogP contribution in [0, 0.1) is 5.92 Å². The highest BCUT2D eigenvalue weighted by Crippen LogP contribution is 2.28. The van der Waals surface area contributed by atoms with Gasteiger partial charge in [0.15, 0.2) is 0 Å². The van der Waals surface area contributed by atoms with Crippen LogP contribution in [-0.2, 0) is 9.47 Å². The smallest absolute Gasteiger partial charge is 0.315 e. The lowest BCUT2D eigenvalue weighted by Crippen LogP contribution is -2.44. The molecule has 2 aliphatic heterocycles. The Labute approximate surface area is 125 Å². The van der Waals surface area contributed by atoms with Gasteiger partial charge < -0.3 is 20.1 Å². The molecule has 2 heterocycles. The van der Waals surface area contributed by atoms with Gasteiger partial charge in [-0.05, 0) is 18.4 Å². The molecule has 2 saturated heterocycles. The molecule has 1 aromatic rings. The van der Waals surface area contributed by atoms with Crippen LogP contribution in [0.15, 0.2) is 30.3 Å². The van der Waals surface area contributed by atoms with Gasteiger partial charge in [-0.2, -0.15) is 0 Å². The molecule has 114 valence electrons. The maximum Gasteiger partial charge on any atom is 0.315 e. The van der Waals surface area contributed by atoms with E-state index in [1.165, 1.54) is 0 Å². The summed E-state index contributed by atoms with van der Waals surface area (Å²) in [5, 5.41) is 5.97. The fourth-order valence-electron chi connectivity index (χ4n) is 2.91. The summed E-state index contributed by atoms with van der Waals surface area (Å²) in [6.45, 7) is 2.91. The summed E-state index contributed by atoms with van der Waals surface area (Å²) in [7, 11) is 0. The molecule has 0 unspecified atom stereocenters. The van der Waals surface area contributed by atoms with Crippen LogP contribution in [0.5, 0.6) is 0 Å². The molecule has 2 aliphatic rings. The molecular weight excluding hydrogens is 268 g/mol. The molecule has 2 N–H and O–H groups in total. The first-order valence-corrected chi connectivity index (χ1v) is 7.61. The monoisotopic (exact) mass is 290 g/mol. The molecule has 0 aliphatic carbocycles. The van der Waals surface area contributed by atoms with Gasteiger partial charge in [-0.15, -0.1) is 0 Å². The third kappa shape index (κ3) is 3.74. The predicted molar refractivity (Wildman–Crippen MR) is 79.0 cm³/mol. The summed E-state index contributed by atoms with van der Waals surface area (Å²) in [5.41, 5.74) is 1.12. The van der Waals surface area contributed by atoms with Crippen molar-refractivity contribution in [2.24, 2.45) is 5.92 Å². The zero-order chi connectivity index (χ0) is 14.5. The van der Waals surface area contributed by atoms with Crippen molar-refractivity contribution in [3.8, 4) is 0 Å². The zero-order valence-electron chi connectivity index (χ0n) is 12.1. The summed E-state index contributed by atoms with van der Waals surface area (Å²) in [4.78, 5) is 12.0. The Morgan fingerprint density at radius 2 is 2.05 bits per heavy atom. The number of ether oxygens (including phenoxy) is 2. The molecule has 0 aromatic heterocycles. The van der Waals surface area contributed by atoms with Gasteiger partial charge in [0.05, 0.1) is 12.6 Å². The van der Waals surface area contributed by atoms with Crippen molar-refractivity contribution in [3.63, 3.8) is 0 Å². The molecule has 2 amide bonds. The summed E-state index contributed by atoms with van der Waals surface area (Å²) >= 11 is 0. The van der Waals surface area contributed by atoms with E-state index in [9.17, 15) is 4.79 Å². The number of carbonyl (C=O) groups excluding carboxylic acids is 1. The molecule has 3 rings (SSSR count). The Balaban J connectivity index is 1.50. The van der Waals surface area contributed by atoms with Crippen molar-refractivity contribution < 1.29 is 14.3 Å². The third-order valence-electron chi connectivity index (χ3n) is 4.11. The first kappa shape index (κ1) is 14.4. The number of rotatable bonds is 4. The predicted octanol–water partition coefficient (Wildman–Crippen LogP) is 1.85. The number of nitrogens with one attached hydrogen (secondary N) is 2. The molecule has 5 heteroatoms. The van der Waals surface area contributed by atoms with E-state index in [2.05, 4.69) is 10.6 Å². The van der Waals surface area contributed by atoms with Crippen LogP contribution in [0.1, 0.15) is 24.5 Å². The van der Waals surface area contributed by atoms with Gasteiger partial charge in [-0.1, -0.05) is 30.3 Å². The minimum Gasteiger partial charge on any atom is -0.381 e. The van der Waals surface area contributed by atoms with Crippen LogP contribution in [0.2, 0.25) is 0 Å². The van der Waals surface area contributed by atoms with Gasteiger partial charge in [0.2, 0.25) is 0 Å². The molecule has 0 bridgehead atoms. The quantitative estimate of drug-likeness (QED) is 0.889. The lowest BCUT2D eigenvalue weighted by molar-refractivity contribution is 0.0999. The number of hydrogen-bond acceptors (Lipinski definition) is 3. The van der Waals surface area contributed by atoms with E-state index < -0.39 is 0 Å². The second kappa shape index (κ2) is 6.91. The minimum absolute atomic E-state index is 0.0345. The summed E-state index contributed by atoms with van der Waals surface area (Å²) < 4.78 is 11.1. The van der Waals surface area contributed by atoms with Gasteiger partial charge in [-0.3, -0.25) is 0 Å². The Hall–Kier alpha value is -1.59. The lowest BCUT2D eigenvalue weighted by Gasteiger charge is -2.21. The molecule has 0 radical (unpaired) electrons. The van der Waals surface area contributed by atoms with Crippen molar-refractivity contribution in [3.05, 3.63) is 35.9 Å². The topological polar surface area (TPSA) is 59.6 Å². The number of amides is 2. The zero-order valence-corrected chi connectivity index (χ0v) is 12.1. The van der Waals surface area contributed by atoms with E-state index in [1.54, 1.807) is 0 Å². The van der Waals surface area contributed by atoms with Crippen molar-refractivity contribution in [1.29, 1.82) is 0 Å². The highest BCUT2D eigenvalue weighted by atomic mass is 16.5. The van der Waals surface area contributed by atoms with Crippen LogP contribution in [0.4, 0.5) is 4.79 Å². The number of carbonyl (C=O) groups is 1. The van der Waals surface area contributed by atoms with E-state index in [4.69, 9.17) is 9.47 Å². The minimum atomic E-state index is -0.113. The van der Waals surface area contributed by atoms with Crippen LogP contribution in [0.3, 0.4) is 0 Å². The largest absolute Gasteiger partial charge is 0.381 e. The Morgan fingerprint density at radius 1 is 1.19 bits per heavy atom. The number of urea groups is 1. The molecule has 0 spiro atoms. The van der Waals surface area contributed by atoms with Gasteiger partial charge in [-0.25, -0.2) is 4.79 Å². The second-order valence-corrected chi connectivity index (χ2v) is 5.68. The van der Waals surface area contributed by atoms with E-state index in [-0.39, 0.29) is 18.2 Å². The van der Waals surface area contributed by atoms with Crippen molar-refractivity contribution >= 4 is 6.03 Å². The molecule has 1 aromatic carbocycles. The van der Waals surface area contributed by atoms with Gasteiger partial charge in [0, 0.05) is 25.7 Å². The van der Waals surface area contributed by atoms with Crippen LogP contribution in [-0.4, -0.2) is 38.4 Å². The van der Waals surface area contributed by atoms with Gasteiger partial charge in [0.25, 0.3) is 0 Å². The maximum absolute atomic E-state index is 12.0. The average molecular weight is 290 g/mol. The average Bonchev–Trinajstić information content (AvgIpc) is 3.17. The summed E-state index contributed by atoms with van der Waals surface area (Å²) in [5.74, 6) is 0.445. The SMILES string of the molecule is O=C(NC[C@@H]1CCOC1)N[C@H]1CCO[C@H]1c1ccccc1. The Bertz CT molecular complexity index is 460. The Morgan fingerprint density at radius 3 is 2.81 bits per heavy atom. The third-order valence-corrected chi connectivity index (χ3v) is 4.11. The van der Waals surface area contributed by atoms with E-state index in [0.29, 0.717) is 19.1 Å². The molecule has 3 atom stereocenters. The number of benzene rings is 1. The normalized spacial score (nSPS) is 28.5. The summed E-state index contributed by atoms with van der Waals surface area (Å²) in [6.07, 6.45) is 1.82. The lowest BCUT2D eigenvalue weighted by atomic mass is 10.0. The standard InChI is InChI=1S/C16H22N2O3/c19-16(17-10-12-6-8-20-11-12)18-14-7-9-21-15(14)13-4-2-1-3-5-13/h1-5,12,14-15H,6-11H2,(H2,17,18,19)/t12-,14-,15-/m0/s1. The molecular formula is C16H22N2O3. The molecule has 0 saturated carbocycles. The van der Waals surface area contributed by atoms with E-state index >= 15 is 0 Å². The highest BCUT2D eigenvalue weighted by Gasteiger charge is 2.30. The maximum atomic E-state index is 12.0. The van der Waals surface area contributed by atoms with Crippen LogP contribution < -0.4 is 10.6 Å². The van der Waals surface area contributed by atoms with E-state index in [0.717, 1.165) is 31.6 Å². The fourth-order valence-corrected chi connectivity index (χ4v) is 2.91. The van der Waals surface area contributed by atoms with Crippen LogP contribution in [0.25, 0.3) is 0 Å². The summed E-state index contributed by atoms with van der Waals surface area (Å²) in [6, 6.07) is 9.97. The van der Waals surface area contributed by atoms with Crippen molar-refractivity contribution in [2.45, 2.75) is 25.0 Å². The fraction of sp³-hybridized carbons (Fsp3) is 0.562. The van der Waals surface area contributed by atoms with Gasteiger partial charge in [0.1, 0.15) is 6.10 Å². The van der Waals surface area contributed by atoms with E-state index in [1.807, 2.05) is 30.3 Å². The molecule has 5 nitrogen and oxygen atoms in total. The first-order valence-electron chi connectivity index (χ1n) is 7.61. The van der Waals surface area contributed by atoms with Crippen LogP contribution >= 0.6 is 0 Å². The van der Waals surface area contributed by atoms with Crippen molar-refractivity contribution in [2.75, 3.05) is 26.4 Å². The first-order chi connectivity index (χ1) is 10.3. The van der Waals surface area contributed by atoms with Crippen molar-refractivity contribution in [1.82, 2.24) is 10.6 Å². The molecule has 21 heavy (non-hydrogen) atoms. The Kier molecular flexibility index (Phi) is 4.72.